The lowest BCUT2D eigenvalue weighted by Crippen LogP contribution is -2.50. The van der Waals surface area contributed by atoms with Crippen molar-refractivity contribution in [2.45, 2.75) is 11.8 Å². The quantitative estimate of drug-likeness (QED) is 0.623. The summed E-state index contributed by atoms with van der Waals surface area (Å²) in [6, 6.07) is 20.1. The molecule has 1 heterocycles. The minimum absolute atomic E-state index is 0.0178. The van der Waals surface area contributed by atoms with E-state index in [9.17, 15) is 9.59 Å². The van der Waals surface area contributed by atoms with Crippen LogP contribution in [-0.2, 0) is 0 Å². The van der Waals surface area contributed by atoms with Crippen molar-refractivity contribution >= 4 is 11.6 Å². The fraction of sp³-hybridized carbons (Fsp3) is 0.174. The number of fused-ring (bicyclic) bond motifs is 1. The minimum Gasteiger partial charge on any atom is -0.294 e. The molecule has 0 saturated carbocycles. The van der Waals surface area contributed by atoms with Crippen molar-refractivity contribution < 1.29 is 9.59 Å². The van der Waals surface area contributed by atoms with Gasteiger partial charge in [0.25, 0.3) is 0 Å². The molecule has 3 heteroatoms. The second-order valence-electron chi connectivity index (χ2n) is 7.39. The molecule has 26 heavy (non-hydrogen) atoms. The van der Waals surface area contributed by atoms with Gasteiger partial charge in [-0.05, 0) is 34.4 Å². The number of rotatable bonds is 0. The van der Waals surface area contributed by atoms with Crippen LogP contribution in [0.5, 0.6) is 0 Å². The first-order valence-electron chi connectivity index (χ1n) is 8.98. The lowest BCUT2D eigenvalue weighted by atomic mass is 9.50. The molecule has 4 aliphatic rings. The molecule has 0 fully saturated rings. The van der Waals surface area contributed by atoms with Crippen molar-refractivity contribution in [3.8, 4) is 0 Å². The molecule has 7 rings (SSSR count). The van der Waals surface area contributed by atoms with Crippen LogP contribution in [0.2, 0.25) is 0 Å². The van der Waals surface area contributed by atoms with Gasteiger partial charge in [0, 0.05) is 35.4 Å². The number of Topliss-reactive ketones (excluding diaryl/α,β-unsaturated/α-hetero) is 2. The minimum atomic E-state index is -0.348. The third kappa shape index (κ3) is 1.52. The van der Waals surface area contributed by atoms with Gasteiger partial charge in [-0.3, -0.25) is 14.6 Å². The van der Waals surface area contributed by atoms with Gasteiger partial charge in [-0.1, -0.05) is 48.5 Å². The summed E-state index contributed by atoms with van der Waals surface area (Å²) in [5.74, 6) is -0.708. The normalized spacial score (nSPS) is 27.4. The Kier molecular flexibility index (Phi) is 2.59. The second kappa shape index (κ2) is 4.76. The first-order valence-corrected chi connectivity index (χ1v) is 8.98. The SMILES string of the molecule is O=C1c2cccnc2C(=O)C2C3c4ccccc4C(c4ccccc43)C12. The molecule has 2 atom stereocenters. The Hall–Kier alpha value is -3.07. The molecule has 2 unspecified atom stereocenters. The summed E-state index contributed by atoms with van der Waals surface area (Å²) in [6.45, 7) is 0. The number of ketones is 2. The predicted octanol–water partition coefficient (Wildman–Crippen LogP) is 3.98. The van der Waals surface area contributed by atoms with E-state index in [4.69, 9.17) is 0 Å². The summed E-state index contributed by atoms with van der Waals surface area (Å²) in [5, 5.41) is 0. The van der Waals surface area contributed by atoms with Crippen LogP contribution in [0.25, 0.3) is 0 Å². The number of carbonyl (C=O) groups is 2. The third-order valence-electron chi connectivity index (χ3n) is 6.35. The number of aromatic nitrogens is 1. The van der Waals surface area contributed by atoms with Crippen LogP contribution in [-0.4, -0.2) is 16.6 Å². The van der Waals surface area contributed by atoms with E-state index < -0.39 is 0 Å². The van der Waals surface area contributed by atoms with Crippen molar-refractivity contribution in [3.63, 3.8) is 0 Å². The lowest BCUT2D eigenvalue weighted by Gasteiger charge is -2.50. The van der Waals surface area contributed by atoms with Gasteiger partial charge in [0.15, 0.2) is 11.6 Å². The molecule has 0 amide bonds. The molecule has 1 aromatic heterocycles. The van der Waals surface area contributed by atoms with Gasteiger partial charge in [-0.25, -0.2) is 0 Å². The Balaban J connectivity index is 1.69. The fourth-order valence-electron chi connectivity index (χ4n) is 5.45. The molecule has 4 aliphatic carbocycles. The number of carbonyl (C=O) groups excluding carboxylic acids is 2. The van der Waals surface area contributed by atoms with Crippen LogP contribution in [0, 0.1) is 11.8 Å². The molecule has 3 aromatic rings. The zero-order valence-electron chi connectivity index (χ0n) is 13.9. The van der Waals surface area contributed by atoms with Gasteiger partial charge in [0.2, 0.25) is 0 Å². The van der Waals surface area contributed by atoms with Crippen molar-refractivity contribution in [3.05, 3.63) is 100 Å². The average molecular weight is 337 g/mol. The van der Waals surface area contributed by atoms with Crippen molar-refractivity contribution in [1.29, 1.82) is 0 Å². The Morgan fingerprint density at radius 2 is 1.12 bits per heavy atom. The van der Waals surface area contributed by atoms with Gasteiger partial charge in [0.05, 0.1) is 0 Å². The molecular formula is C23H15NO2. The van der Waals surface area contributed by atoms with E-state index in [1.807, 2.05) is 24.3 Å². The molecule has 2 bridgehead atoms. The van der Waals surface area contributed by atoms with E-state index in [0.717, 1.165) is 0 Å². The summed E-state index contributed by atoms with van der Waals surface area (Å²) in [6.07, 6.45) is 1.60. The molecule has 0 saturated heterocycles. The molecule has 0 spiro atoms. The number of benzene rings is 2. The van der Waals surface area contributed by atoms with Gasteiger partial charge < -0.3 is 0 Å². The van der Waals surface area contributed by atoms with Crippen LogP contribution in [0.1, 0.15) is 54.9 Å². The summed E-state index contributed by atoms with van der Waals surface area (Å²) in [5.41, 5.74) is 5.62. The number of pyridine rings is 1. The second-order valence-corrected chi connectivity index (χ2v) is 7.39. The number of nitrogens with zero attached hydrogens (tertiary/aromatic N) is 1. The predicted molar refractivity (Wildman–Crippen MR) is 96.4 cm³/mol. The van der Waals surface area contributed by atoms with Crippen LogP contribution in [0.3, 0.4) is 0 Å². The summed E-state index contributed by atoms with van der Waals surface area (Å²) in [7, 11) is 0. The third-order valence-corrected chi connectivity index (χ3v) is 6.35. The van der Waals surface area contributed by atoms with Gasteiger partial charge in [-0.2, -0.15) is 0 Å². The maximum atomic E-state index is 13.4. The Labute approximate surface area is 150 Å². The highest BCUT2D eigenvalue weighted by Gasteiger charge is 2.57. The molecule has 124 valence electrons. The lowest BCUT2D eigenvalue weighted by molar-refractivity contribution is 0.0659. The van der Waals surface area contributed by atoms with Crippen molar-refractivity contribution in [2.75, 3.05) is 0 Å². The summed E-state index contributed by atoms with van der Waals surface area (Å²) < 4.78 is 0. The highest BCUT2D eigenvalue weighted by Crippen LogP contribution is 2.60. The highest BCUT2D eigenvalue weighted by molar-refractivity contribution is 6.16. The van der Waals surface area contributed by atoms with Crippen LogP contribution in [0.4, 0.5) is 0 Å². The van der Waals surface area contributed by atoms with Gasteiger partial charge in [0.1, 0.15) is 5.69 Å². The molecular weight excluding hydrogens is 322 g/mol. The Morgan fingerprint density at radius 3 is 1.65 bits per heavy atom. The van der Waals surface area contributed by atoms with E-state index in [-0.39, 0.29) is 35.2 Å². The van der Waals surface area contributed by atoms with Gasteiger partial charge in [-0.15, -0.1) is 0 Å². The van der Waals surface area contributed by atoms with E-state index in [1.165, 1.54) is 22.3 Å². The van der Waals surface area contributed by atoms with E-state index in [0.29, 0.717) is 11.3 Å². The fourth-order valence-corrected chi connectivity index (χ4v) is 5.45. The molecule has 3 nitrogen and oxygen atoms in total. The maximum absolute atomic E-state index is 13.4. The van der Waals surface area contributed by atoms with E-state index in [2.05, 4.69) is 29.2 Å². The van der Waals surface area contributed by atoms with Crippen LogP contribution < -0.4 is 0 Å². The molecule has 0 radical (unpaired) electrons. The first-order chi connectivity index (χ1) is 12.8. The zero-order chi connectivity index (χ0) is 17.4. The Bertz CT molecular complexity index is 982. The van der Waals surface area contributed by atoms with E-state index >= 15 is 0 Å². The van der Waals surface area contributed by atoms with Crippen molar-refractivity contribution in [2.24, 2.45) is 11.8 Å². The molecule has 2 aromatic carbocycles. The zero-order valence-corrected chi connectivity index (χ0v) is 13.9. The Morgan fingerprint density at radius 1 is 0.615 bits per heavy atom. The standard InChI is InChI=1S/C23H15NO2/c25-22-16-10-5-11-24-21(16)23(26)20-18-14-8-3-1-6-12(14)17(19(20)22)13-7-2-4-9-15(13)18/h1-11,17-20H. The van der Waals surface area contributed by atoms with Crippen LogP contribution >= 0.6 is 0 Å². The average Bonchev–Trinajstić information content (AvgIpc) is 2.71. The number of hydrogen-bond donors (Lipinski definition) is 0. The highest BCUT2D eigenvalue weighted by atomic mass is 16.1. The van der Waals surface area contributed by atoms with E-state index in [1.54, 1.807) is 18.3 Å². The summed E-state index contributed by atoms with van der Waals surface area (Å²) in [4.78, 5) is 31.1. The molecule has 0 aliphatic heterocycles. The molecule has 0 N–H and O–H groups in total. The monoisotopic (exact) mass is 337 g/mol. The smallest absolute Gasteiger partial charge is 0.186 e. The van der Waals surface area contributed by atoms with Gasteiger partial charge >= 0.3 is 0 Å². The van der Waals surface area contributed by atoms with Crippen molar-refractivity contribution in [1.82, 2.24) is 4.98 Å². The van der Waals surface area contributed by atoms with Crippen LogP contribution in [0.15, 0.2) is 66.9 Å². The first kappa shape index (κ1) is 14.1. The summed E-state index contributed by atoms with van der Waals surface area (Å²) >= 11 is 0. The topological polar surface area (TPSA) is 47.0 Å². The maximum Gasteiger partial charge on any atom is 0.186 e. The number of hydrogen-bond acceptors (Lipinski definition) is 3. The largest absolute Gasteiger partial charge is 0.294 e.